The Kier molecular flexibility index (Phi) is 18.9. The van der Waals surface area contributed by atoms with Crippen molar-refractivity contribution in [3.8, 4) is 17.2 Å². The molecule has 0 saturated carbocycles. The van der Waals surface area contributed by atoms with Crippen LogP contribution in [-0.2, 0) is 22.4 Å². The van der Waals surface area contributed by atoms with Crippen LogP contribution in [0.4, 0.5) is 11.4 Å². The first-order chi connectivity index (χ1) is 16.2. The van der Waals surface area contributed by atoms with E-state index in [0.717, 1.165) is 22.9 Å². The number of phenolic OH excluding ortho intramolecular Hbond substituents is 1. The van der Waals surface area contributed by atoms with Crippen molar-refractivity contribution >= 4 is 132 Å². The van der Waals surface area contributed by atoms with Crippen molar-refractivity contribution in [2.75, 3.05) is 23.8 Å². The van der Waals surface area contributed by atoms with Crippen molar-refractivity contribution in [1.29, 1.82) is 0 Å². The third-order valence-corrected chi connectivity index (χ3v) is 6.49. The van der Waals surface area contributed by atoms with Gasteiger partial charge < -0.3 is 28.1 Å². The van der Waals surface area contributed by atoms with Crippen LogP contribution in [-0.4, -0.2) is 68.9 Å². The predicted octanol–water partition coefficient (Wildman–Crippen LogP) is 8.79. The van der Waals surface area contributed by atoms with Crippen LogP contribution in [0.15, 0.2) is 48.5 Å². The molecule has 0 saturated heterocycles. The molecular weight excluding hydrogens is 830 g/mol. The number of nitrogens with one attached hydrogen (secondary N) is 2. The van der Waals surface area contributed by atoms with E-state index >= 15 is 0 Å². The zero-order valence-electron chi connectivity index (χ0n) is 21.2. The Labute approximate surface area is 296 Å². The summed E-state index contributed by atoms with van der Waals surface area (Å²) in [5, 5.41) is 15.8. The Morgan fingerprint density at radius 1 is 0.722 bits per heavy atom. The first-order valence-electron chi connectivity index (χ1n) is 9.92. The van der Waals surface area contributed by atoms with Crippen LogP contribution in [0.2, 0.25) is 25.1 Å². The number of rotatable bonds is 6. The monoisotopic (exact) mass is 851 g/mol. The second-order valence-electron chi connectivity index (χ2n) is 6.41. The van der Waals surface area contributed by atoms with Crippen LogP contribution in [0.25, 0.3) is 0 Å². The van der Waals surface area contributed by atoms with Crippen molar-refractivity contribution in [2.45, 2.75) is 13.8 Å². The van der Waals surface area contributed by atoms with E-state index in [0.29, 0.717) is 18.3 Å². The van der Waals surface area contributed by atoms with E-state index < -0.39 is 0 Å². The maximum Gasteiger partial charge on any atom is 2.00 e. The van der Waals surface area contributed by atoms with Crippen LogP contribution < -0.4 is 20.1 Å². The average molecular weight is 853 g/mol. The molecule has 0 aliphatic carbocycles. The number of anilines is 2. The Morgan fingerprint density at radius 3 is 1.33 bits per heavy atom. The third-order valence-electron chi connectivity index (χ3n) is 4.03. The smallest absolute Gasteiger partial charge is 1.00 e. The van der Waals surface area contributed by atoms with Gasteiger partial charge in [-0.15, -0.1) is 0 Å². The Hall–Kier alpha value is 0.421. The molecule has 0 bridgehead atoms. The summed E-state index contributed by atoms with van der Waals surface area (Å²) in [6, 6.07) is 15.3. The largest absolute Gasteiger partial charge is 2.00 e. The molecule has 3 rings (SSSR count). The summed E-state index contributed by atoms with van der Waals surface area (Å²) in [4.78, 5) is 0. The molecule has 13 heteroatoms. The van der Waals surface area contributed by atoms with Gasteiger partial charge in [-0.3, -0.25) is 0 Å². The Morgan fingerprint density at radius 2 is 1.03 bits per heavy atom. The predicted molar refractivity (Wildman–Crippen MR) is 156 cm³/mol. The van der Waals surface area contributed by atoms with Gasteiger partial charge in [-0.2, -0.15) is 0 Å². The molecule has 0 amide bonds. The summed E-state index contributed by atoms with van der Waals surface area (Å²) in [6.45, 7) is 5.24. The number of benzene rings is 3. The molecule has 3 N–H and O–H groups in total. The Bertz CT molecular complexity index is 979. The summed E-state index contributed by atoms with van der Waals surface area (Å²) >= 11 is 33.2. The molecular formula is C23H23Cl5N2O3SSrTa. The topological polar surface area (TPSA) is 62.8 Å². The minimum absolute atomic E-state index is 0. The maximum atomic E-state index is 9.20. The molecule has 191 valence electrons. The summed E-state index contributed by atoms with van der Waals surface area (Å²) in [5.74, 6) is 1.33. The van der Waals surface area contributed by atoms with E-state index in [9.17, 15) is 5.11 Å². The standard InChI is InChI=1S/C17H20N2O2S.C6HCl5O.Sr.Ta.2H/c1-3-20-15-9-5-13(6-10-15)18-17(22)19-14-7-11-16(12-8-14)21-4-2;7-1-2(8)4(10)6(12)5(11)3(1)9;;;;/h5-12H,3-4H2,1-2H3,(H2,18,19,22);12H;;;;/q;;+2;;2*-1. The molecule has 0 fully saturated rings. The van der Waals surface area contributed by atoms with Gasteiger partial charge in [0.25, 0.3) is 0 Å². The van der Waals surface area contributed by atoms with E-state index in [1.807, 2.05) is 62.4 Å². The molecule has 3 aromatic carbocycles. The SMILES string of the molecule is CCOc1ccc(NC(=S)Nc2ccc(OCC)cc2)cc1.Oc1c(Cl)c(Cl)c(Cl)c(Cl)c1Cl.[H-].[H-].[Sr+2].[Ta]. The van der Waals surface area contributed by atoms with Gasteiger partial charge in [0.1, 0.15) is 21.5 Å². The molecule has 0 spiro atoms. The molecule has 5 nitrogen and oxygen atoms in total. The van der Waals surface area contributed by atoms with Gasteiger partial charge >= 0.3 is 45.5 Å². The molecule has 0 unspecified atom stereocenters. The van der Waals surface area contributed by atoms with E-state index in [2.05, 4.69) is 10.6 Å². The van der Waals surface area contributed by atoms with E-state index in [1.165, 1.54) is 0 Å². The summed E-state index contributed by atoms with van der Waals surface area (Å²) in [5.41, 5.74) is 1.82. The fourth-order valence-corrected chi connectivity index (χ4v) is 3.85. The fourth-order valence-electron chi connectivity index (χ4n) is 2.49. The second-order valence-corrected chi connectivity index (χ2v) is 8.71. The van der Waals surface area contributed by atoms with E-state index in [-0.39, 0.29) is 102 Å². The van der Waals surface area contributed by atoms with Gasteiger partial charge in [-0.25, -0.2) is 0 Å². The van der Waals surface area contributed by atoms with Crippen LogP contribution >= 0.6 is 70.2 Å². The number of hydrogen-bond acceptors (Lipinski definition) is 4. The molecule has 0 aromatic heterocycles. The first-order valence-corrected chi connectivity index (χ1v) is 12.2. The van der Waals surface area contributed by atoms with Crippen LogP contribution in [0.5, 0.6) is 17.2 Å². The van der Waals surface area contributed by atoms with Gasteiger partial charge in [0.05, 0.1) is 28.3 Å². The van der Waals surface area contributed by atoms with Gasteiger partial charge in [-0.05, 0) is 74.6 Å². The Balaban J connectivity index is -0.000000665. The normalized spacial score (nSPS) is 9.53. The van der Waals surface area contributed by atoms with Crippen molar-refractivity contribution in [2.24, 2.45) is 0 Å². The minimum Gasteiger partial charge on any atom is -1.00 e. The van der Waals surface area contributed by atoms with Crippen molar-refractivity contribution in [3.63, 3.8) is 0 Å². The van der Waals surface area contributed by atoms with Crippen LogP contribution in [0.3, 0.4) is 0 Å². The van der Waals surface area contributed by atoms with Crippen LogP contribution in [0, 0.1) is 0 Å². The molecule has 3 aromatic rings. The summed E-state index contributed by atoms with van der Waals surface area (Å²) in [7, 11) is 0. The van der Waals surface area contributed by atoms with Gasteiger partial charge in [0.2, 0.25) is 0 Å². The third kappa shape index (κ3) is 11.3. The number of aromatic hydroxyl groups is 1. The number of thiocarbonyl (C=S) groups is 1. The minimum atomic E-state index is -0.363. The molecule has 0 aliphatic rings. The van der Waals surface area contributed by atoms with Gasteiger partial charge in [0, 0.05) is 33.8 Å². The number of ether oxygens (including phenoxy) is 2. The fraction of sp³-hybridized carbons (Fsp3) is 0.174. The van der Waals surface area contributed by atoms with Crippen LogP contribution in [0.1, 0.15) is 16.7 Å². The molecule has 36 heavy (non-hydrogen) atoms. The summed E-state index contributed by atoms with van der Waals surface area (Å²) < 4.78 is 10.8. The quantitative estimate of drug-likeness (QED) is 0.0999. The molecule has 0 aliphatic heterocycles. The molecule has 1 radical (unpaired) electrons. The summed E-state index contributed by atoms with van der Waals surface area (Å²) in [6.07, 6.45) is 0. The van der Waals surface area contributed by atoms with Crippen molar-refractivity contribution in [3.05, 3.63) is 73.6 Å². The second kappa shape index (κ2) is 18.7. The number of hydrogen-bond donors (Lipinski definition) is 3. The van der Waals surface area contributed by atoms with Crippen molar-refractivity contribution in [1.82, 2.24) is 0 Å². The van der Waals surface area contributed by atoms with Crippen molar-refractivity contribution < 1.29 is 39.8 Å². The number of halogens is 5. The zero-order chi connectivity index (χ0) is 25.3. The molecule has 0 heterocycles. The van der Waals surface area contributed by atoms with Gasteiger partial charge in [-0.1, -0.05) is 58.0 Å². The maximum absolute atomic E-state index is 9.20. The van der Waals surface area contributed by atoms with Gasteiger partial charge in [0.15, 0.2) is 10.9 Å². The number of phenols is 1. The zero-order valence-corrected chi connectivity index (χ0v) is 30.5. The molecule has 0 atom stereocenters. The first kappa shape index (κ1) is 36.4. The average Bonchev–Trinajstić information content (AvgIpc) is 2.83. The van der Waals surface area contributed by atoms with E-state index in [4.69, 9.17) is 79.7 Å². The van der Waals surface area contributed by atoms with E-state index in [1.54, 1.807) is 0 Å².